The third kappa shape index (κ3) is 4.03. The number of piperazine rings is 1. The van der Waals surface area contributed by atoms with Gasteiger partial charge in [-0.15, -0.1) is 0 Å². The summed E-state index contributed by atoms with van der Waals surface area (Å²) < 4.78 is 0. The maximum absolute atomic E-state index is 3.30. The molecule has 0 aliphatic carbocycles. The minimum Gasteiger partial charge on any atom is -0.318 e. The highest BCUT2D eigenvalue weighted by Gasteiger charge is 2.29. The van der Waals surface area contributed by atoms with Crippen LogP contribution in [0.5, 0.6) is 0 Å². The summed E-state index contributed by atoms with van der Waals surface area (Å²) in [5, 5.41) is 3.30. The quantitative estimate of drug-likeness (QED) is 0.872. The van der Waals surface area contributed by atoms with Gasteiger partial charge in [-0.3, -0.25) is 9.80 Å². The molecule has 1 aliphatic heterocycles. The summed E-state index contributed by atoms with van der Waals surface area (Å²) in [6.07, 6.45) is 0. The Hall–Kier alpha value is -0.900. The Balaban J connectivity index is 1.82. The zero-order valence-electron chi connectivity index (χ0n) is 12.5. The lowest BCUT2D eigenvalue weighted by Gasteiger charge is -2.44. The molecular formula is C16H27N3. The third-order valence-corrected chi connectivity index (χ3v) is 4.09. The second-order valence-corrected chi connectivity index (χ2v) is 6.09. The highest BCUT2D eigenvalue weighted by molar-refractivity contribution is 5.14. The van der Waals surface area contributed by atoms with Crippen molar-refractivity contribution in [3.05, 3.63) is 35.9 Å². The summed E-state index contributed by atoms with van der Waals surface area (Å²) in [5.41, 5.74) is 1.68. The molecule has 3 heteroatoms. The fourth-order valence-electron chi connectivity index (χ4n) is 2.90. The summed E-state index contributed by atoms with van der Waals surface area (Å²) in [5.74, 6) is 0. The van der Waals surface area contributed by atoms with E-state index in [0.29, 0.717) is 0 Å². The van der Waals surface area contributed by atoms with Crippen LogP contribution in [-0.2, 0) is 6.54 Å². The molecule has 0 aromatic heterocycles. The lowest BCUT2D eigenvalue weighted by atomic mass is 10.0. The van der Waals surface area contributed by atoms with Crippen molar-refractivity contribution in [2.45, 2.75) is 25.9 Å². The summed E-state index contributed by atoms with van der Waals surface area (Å²) in [6.45, 7) is 11.5. The highest BCUT2D eigenvalue weighted by Crippen LogP contribution is 2.17. The van der Waals surface area contributed by atoms with Crippen LogP contribution in [0.4, 0.5) is 0 Å². The van der Waals surface area contributed by atoms with Crippen molar-refractivity contribution in [3.8, 4) is 0 Å². The average molecular weight is 261 g/mol. The van der Waals surface area contributed by atoms with Crippen molar-refractivity contribution >= 4 is 0 Å². The molecule has 0 amide bonds. The van der Waals surface area contributed by atoms with Crippen LogP contribution in [0, 0.1) is 0 Å². The number of nitrogens with one attached hydrogen (secondary N) is 1. The number of hydrogen-bond donors (Lipinski definition) is 1. The largest absolute Gasteiger partial charge is 0.318 e. The van der Waals surface area contributed by atoms with E-state index < -0.39 is 0 Å². The average Bonchev–Trinajstić information content (AvgIpc) is 2.40. The van der Waals surface area contributed by atoms with Crippen LogP contribution in [0.25, 0.3) is 0 Å². The Labute approximate surface area is 117 Å². The van der Waals surface area contributed by atoms with Gasteiger partial charge in [0.1, 0.15) is 0 Å². The molecule has 0 radical (unpaired) electrons. The summed E-state index contributed by atoms with van der Waals surface area (Å²) >= 11 is 0. The van der Waals surface area contributed by atoms with Gasteiger partial charge in [-0.25, -0.2) is 0 Å². The van der Waals surface area contributed by atoms with E-state index in [4.69, 9.17) is 0 Å². The first-order valence-electron chi connectivity index (χ1n) is 7.28. The molecule has 1 aromatic carbocycles. The van der Waals surface area contributed by atoms with Crippen molar-refractivity contribution in [3.63, 3.8) is 0 Å². The van der Waals surface area contributed by atoms with Crippen LogP contribution in [0.2, 0.25) is 0 Å². The summed E-state index contributed by atoms with van der Waals surface area (Å²) in [4.78, 5) is 5.16. The smallest absolute Gasteiger partial charge is 0.0278 e. The molecule has 0 spiro atoms. The Bertz CT molecular complexity index is 367. The van der Waals surface area contributed by atoms with Gasteiger partial charge in [0.15, 0.2) is 0 Å². The molecule has 106 valence electrons. The Kier molecular flexibility index (Phi) is 4.97. The molecule has 0 unspecified atom stereocenters. The van der Waals surface area contributed by atoms with Crippen molar-refractivity contribution in [2.75, 3.05) is 39.8 Å². The number of rotatable bonds is 5. The topological polar surface area (TPSA) is 18.5 Å². The van der Waals surface area contributed by atoms with Crippen LogP contribution in [-0.4, -0.2) is 55.1 Å². The monoisotopic (exact) mass is 261 g/mol. The molecule has 1 N–H and O–H groups in total. The summed E-state index contributed by atoms with van der Waals surface area (Å²) in [7, 11) is 2.04. The molecule has 0 saturated carbocycles. The van der Waals surface area contributed by atoms with Crippen LogP contribution in [0.15, 0.2) is 30.3 Å². The van der Waals surface area contributed by atoms with Gasteiger partial charge in [-0.2, -0.15) is 0 Å². The maximum Gasteiger partial charge on any atom is 0.0278 e. The van der Waals surface area contributed by atoms with Crippen LogP contribution in [0.1, 0.15) is 19.4 Å². The molecule has 1 fully saturated rings. The molecule has 1 aliphatic rings. The molecule has 1 heterocycles. The van der Waals surface area contributed by atoms with Crippen LogP contribution < -0.4 is 5.32 Å². The van der Waals surface area contributed by atoms with Crippen LogP contribution in [0.3, 0.4) is 0 Å². The normalized spacial score (nSPS) is 18.7. The van der Waals surface area contributed by atoms with Gasteiger partial charge in [0.2, 0.25) is 0 Å². The molecule has 19 heavy (non-hydrogen) atoms. The molecule has 1 saturated heterocycles. The molecule has 0 atom stereocenters. The van der Waals surface area contributed by atoms with Crippen molar-refractivity contribution in [1.82, 2.24) is 15.1 Å². The number of likely N-dealkylation sites (N-methyl/N-ethyl adjacent to an activating group) is 1. The molecule has 1 aromatic rings. The van der Waals surface area contributed by atoms with Crippen molar-refractivity contribution in [2.24, 2.45) is 0 Å². The van der Waals surface area contributed by atoms with E-state index in [9.17, 15) is 0 Å². The van der Waals surface area contributed by atoms with Gasteiger partial charge in [-0.1, -0.05) is 30.3 Å². The molecule has 3 nitrogen and oxygen atoms in total. The first-order valence-corrected chi connectivity index (χ1v) is 7.28. The Morgan fingerprint density at radius 1 is 1.05 bits per heavy atom. The Morgan fingerprint density at radius 2 is 1.68 bits per heavy atom. The fourth-order valence-corrected chi connectivity index (χ4v) is 2.90. The van der Waals surface area contributed by atoms with E-state index in [0.717, 1.165) is 13.1 Å². The van der Waals surface area contributed by atoms with E-state index in [1.807, 2.05) is 7.05 Å². The number of nitrogens with zero attached hydrogens (tertiary/aromatic N) is 2. The van der Waals surface area contributed by atoms with E-state index in [-0.39, 0.29) is 5.54 Å². The number of hydrogen-bond acceptors (Lipinski definition) is 3. The highest BCUT2D eigenvalue weighted by atomic mass is 15.3. The predicted octanol–water partition coefficient (Wildman–Crippen LogP) is 1.80. The minimum absolute atomic E-state index is 0.258. The first-order chi connectivity index (χ1) is 9.12. The van der Waals surface area contributed by atoms with Crippen LogP contribution >= 0.6 is 0 Å². The number of benzene rings is 1. The van der Waals surface area contributed by atoms with Gasteiger partial charge >= 0.3 is 0 Å². The maximum atomic E-state index is 3.30. The predicted molar refractivity (Wildman–Crippen MR) is 81.3 cm³/mol. The first kappa shape index (κ1) is 14.5. The van der Waals surface area contributed by atoms with E-state index in [1.165, 1.54) is 31.7 Å². The van der Waals surface area contributed by atoms with E-state index in [1.54, 1.807) is 0 Å². The van der Waals surface area contributed by atoms with E-state index in [2.05, 4.69) is 59.3 Å². The second-order valence-electron chi connectivity index (χ2n) is 6.09. The van der Waals surface area contributed by atoms with Gasteiger partial charge < -0.3 is 5.32 Å². The van der Waals surface area contributed by atoms with Gasteiger partial charge in [0.05, 0.1) is 0 Å². The van der Waals surface area contributed by atoms with Gasteiger partial charge in [-0.05, 0) is 26.5 Å². The van der Waals surface area contributed by atoms with Gasteiger partial charge in [0, 0.05) is 44.8 Å². The lowest BCUT2D eigenvalue weighted by Crippen LogP contribution is -2.57. The Morgan fingerprint density at radius 3 is 2.26 bits per heavy atom. The molecule has 0 bridgehead atoms. The fraction of sp³-hybridized carbons (Fsp3) is 0.625. The minimum atomic E-state index is 0.258. The second kappa shape index (κ2) is 6.51. The zero-order valence-corrected chi connectivity index (χ0v) is 12.5. The van der Waals surface area contributed by atoms with Crippen molar-refractivity contribution in [1.29, 1.82) is 0 Å². The van der Waals surface area contributed by atoms with Crippen molar-refractivity contribution < 1.29 is 0 Å². The molecule has 2 rings (SSSR count). The zero-order chi connectivity index (χ0) is 13.7. The SMILES string of the molecule is CNCC(C)(C)N1CCN(Cc2ccccc2)CC1. The standard InChI is InChI=1S/C16H27N3/c1-16(2,14-17-3)19-11-9-18(10-12-19)13-15-7-5-4-6-8-15/h4-8,17H,9-14H2,1-3H3. The molecular weight excluding hydrogens is 234 g/mol. The van der Waals surface area contributed by atoms with E-state index >= 15 is 0 Å². The van der Waals surface area contributed by atoms with Gasteiger partial charge in [0.25, 0.3) is 0 Å². The summed E-state index contributed by atoms with van der Waals surface area (Å²) in [6, 6.07) is 10.8. The lowest BCUT2D eigenvalue weighted by molar-refractivity contribution is 0.0501. The third-order valence-electron chi connectivity index (χ3n) is 4.09.